The van der Waals surface area contributed by atoms with Gasteiger partial charge in [-0.1, -0.05) is 31.5 Å². The van der Waals surface area contributed by atoms with E-state index < -0.39 is 19.8 Å². The molecule has 18 heavy (non-hydrogen) atoms. The van der Waals surface area contributed by atoms with Crippen molar-refractivity contribution in [3.63, 3.8) is 0 Å². The lowest BCUT2D eigenvalue weighted by atomic mass is 9.99. The van der Waals surface area contributed by atoms with E-state index in [0.29, 0.717) is 11.5 Å². The van der Waals surface area contributed by atoms with E-state index in [1.54, 1.807) is 12.1 Å². The van der Waals surface area contributed by atoms with Gasteiger partial charge in [0.25, 0.3) is 10.0 Å². The van der Waals surface area contributed by atoms with Crippen molar-refractivity contribution in [1.82, 2.24) is 0 Å². The normalized spacial score (nSPS) is 21.1. The first-order valence-electron chi connectivity index (χ1n) is 5.68. The Morgan fingerprint density at radius 3 is 2.11 bits per heavy atom. The maximum absolute atomic E-state index is 12.2. The summed E-state index contributed by atoms with van der Waals surface area (Å²) in [5.74, 6) is 0.705. The van der Waals surface area contributed by atoms with Crippen molar-refractivity contribution < 1.29 is 12.6 Å². The molecule has 1 saturated heterocycles. The van der Waals surface area contributed by atoms with E-state index in [-0.39, 0.29) is 10.3 Å². The molecule has 0 N–H and O–H groups in total. The predicted molar refractivity (Wildman–Crippen MR) is 72.5 cm³/mol. The second kappa shape index (κ2) is 4.06. The minimum Gasteiger partial charge on any atom is -0.249 e. The van der Waals surface area contributed by atoms with Crippen molar-refractivity contribution in [2.75, 3.05) is 11.5 Å². The second-order valence-electron chi connectivity index (χ2n) is 5.59. The van der Waals surface area contributed by atoms with Crippen LogP contribution in [0.25, 0.3) is 0 Å². The van der Waals surface area contributed by atoms with E-state index in [2.05, 4.69) is 3.77 Å². The largest absolute Gasteiger partial charge is 0.290 e. The molecule has 0 atom stereocenters. The average molecular weight is 287 g/mol. The molecule has 0 amide bonds. The Kier molecular flexibility index (Phi) is 3.06. The molecule has 0 bridgehead atoms. The summed E-state index contributed by atoms with van der Waals surface area (Å²) in [6.07, 6.45) is 0. The third-order valence-corrected chi connectivity index (χ3v) is 7.99. The van der Waals surface area contributed by atoms with E-state index in [1.165, 1.54) is 12.1 Å². The fraction of sp³-hybridized carbons (Fsp3) is 0.500. The van der Waals surface area contributed by atoms with Crippen LogP contribution >= 0.6 is 0 Å². The standard InChI is InChI=1S/C12H17NO3S2/c1-10-4-6-11(7-5-10)18(15,16)13-17(14)8-12(2,3)9-17/h4-7H,8-9H2,1-3H3. The Bertz CT molecular complexity index is 665. The molecule has 1 heterocycles. The quantitative estimate of drug-likeness (QED) is 0.837. The highest BCUT2D eigenvalue weighted by Gasteiger charge is 2.40. The summed E-state index contributed by atoms with van der Waals surface area (Å²) in [6.45, 7) is 5.80. The zero-order valence-electron chi connectivity index (χ0n) is 10.7. The lowest BCUT2D eigenvalue weighted by molar-refractivity contribution is 0.435. The molecule has 0 aromatic heterocycles. The Hall–Kier alpha value is -0.880. The summed E-state index contributed by atoms with van der Waals surface area (Å²) in [7, 11) is -6.37. The van der Waals surface area contributed by atoms with Crippen molar-refractivity contribution in [3.05, 3.63) is 29.8 Å². The molecule has 1 fully saturated rings. The van der Waals surface area contributed by atoms with Crippen LogP contribution in [0, 0.1) is 12.3 Å². The summed E-state index contributed by atoms with van der Waals surface area (Å²) >= 11 is 0. The summed E-state index contributed by atoms with van der Waals surface area (Å²) in [6, 6.07) is 6.42. The topological polar surface area (TPSA) is 63.6 Å². The van der Waals surface area contributed by atoms with E-state index in [9.17, 15) is 12.6 Å². The van der Waals surface area contributed by atoms with Gasteiger partial charge < -0.3 is 0 Å². The maximum Gasteiger partial charge on any atom is 0.290 e. The van der Waals surface area contributed by atoms with Gasteiger partial charge in [0.2, 0.25) is 0 Å². The van der Waals surface area contributed by atoms with Crippen LogP contribution in [-0.2, 0) is 19.8 Å². The molecule has 0 unspecified atom stereocenters. The molecule has 2 rings (SSSR count). The number of benzene rings is 1. The second-order valence-corrected chi connectivity index (χ2v) is 9.73. The molecule has 4 nitrogen and oxygen atoms in total. The molecule has 1 aliphatic heterocycles. The molecule has 0 saturated carbocycles. The number of sulfonamides is 1. The van der Waals surface area contributed by atoms with Crippen LogP contribution in [0.4, 0.5) is 0 Å². The number of aryl methyl sites for hydroxylation is 1. The van der Waals surface area contributed by atoms with E-state index in [4.69, 9.17) is 0 Å². The van der Waals surface area contributed by atoms with Crippen LogP contribution in [0.1, 0.15) is 19.4 Å². The molecule has 6 heteroatoms. The van der Waals surface area contributed by atoms with Gasteiger partial charge in [-0.2, -0.15) is 8.42 Å². The Labute approximate surface area is 109 Å². The van der Waals surface area contributed by atoms with Crippen LogP contribution in [0.15, 0.2) is 32.9 Å². The molecule has 100 valence electrons. The minimum absolute atomic E-state index is 0.0661. The highest BCUT2D eigenvalue weighted by Crippen LogP contribution is 2.34. The average Bonchev–Trinajstić information content (AvgIpc) is 2.13. The fourth-order valence-corrected chi connectivity index (χ4v) is 7.20. The Morgan fingerprint density at radius 1 is 1.17 bits per heavy atom. The van der Waals surface area contributed by atoms with Gasteiger partial charge in [0.05, 0.1) is 14.6 Å². The third kappa shape index (κ3) is 2.75. The zero-order chi connectivity index (χ0) is 13.6. The summed E-state index contributed by atoms with van der Waals surface area (Å²) in [5.41, 5.74) is 0.909. The monoisotopic (exact) mass is 287 g/mol. The van der Waals surface area contributed by atoms with Crippen molar-refractivity contribution in [3.8, 4) is 0 Å². The van der Waals surface area contributed by atoms with E-state index in [0.717, 1.165) is 5.56 Å². The van der Waals surface area contributed by atoms with Crippen LogP contribution in [-0.4, -0.2) is 24.1 Å². The molecule has 0 radical (unpaired) electrons. The van der Waals surface area contributed by atoms with Crippen molar-refractivity contribution in [2.24, 2.45) is 9.18 Å². The van der Waals surface area contributed by atoms with Gasteiger partial charge in [-0.05, 0) is 24.5 Å². The van der Waals surface area contributed by atoms with Crippen molar-refractivity contribution in [1.29, 1.82) is 0 Å². The number of hydrogen-bond acceptors (Lipinski definition) is 3. The molecular weight excluding hydrogens is 270 g/mol. The molecule has 1 aliphatic rings. The SMILES string of the molecule is Cc1ccc(S(=O)(=O)N=S2(=O)CC(C)(C)C2)cc1. The number of hydrogen-bond donors (Lipinski definition) is 0. The van der Waals surface area contributed by atoms with Crippen LogP contribution in [0.3, 0.4) is 0 Å². The fourth-order valence-electron chi connectivity index (χ4n) is 2.16. The molecule has 1 aromatic carbocycles. The van der Waals surface area contributed by atoms with Gasteiger partial charge >= 0.3 is 0 Å². The van der Waals surface area contributed by atoms with E-state index >= 15 is 0 Å². The first-order chi connectivity index (χ1) is 8.12. The van der Waals surface area contributed by atoms with Crippen molar-refractivity contribution >= 4 is 19.8 Å². The van der Waals surface area contributed by atoms with Gasteiger partial charge in [0, 0.05) is 11.5 Å². The third-order valence-electron chi connectivity index (χ3n) is 2.79. The Morgan fingerprint density at radius 2 is 1.67 bits per heavy atom. The smallest absolute Gasteiger partial charge is 0.249 e. The lowest BCUT2D eigenvalue weighted by Gasteiger charge is -2.36. The first kappa shape index (κ1) is 13.5. The number of nitrogens with zero attached hydrogens (tertiary/aromatic N) is 1. The molecule has 0 spiro atoms. The van der Waals surface area contributed by atoms with Crippen molar-refractivity contribution in [2.45, 2.75) is 25.7 Å². The highest BCUT2D eigenvalue weighted by atomic mass is 32.3. The van der Waals surface area contributed by atoms with Gasteiger partial charge in [-0.15, -0.1) is 3.77 Å². The molecular formula is C12H17NO3S2. The molecule has 1 aromatic rings. The van der Waals surface area contributed by atoms with Gasteiger partial charge in [-0.3, -0.25) is 0 Å². The summed E-state index contributed by atoms with van der Waals surface area (Å²) in [5, 5.41) is 0. The predicted octanol–water partition coefficient (Wildman–Crippen LogP) is 2.19. The first-order valence-corrected chi connectivity index (χ1v) is 8.97. The van der Waals surface area contributed by atoms with Gasteiger partial charge in [0.15, 0.2) is 0 Å². The summed E-state index contributed by atoms with van der Waals surface area (Å²) < 4.78 is 39.8. The highest BCUT2D eigenvalue weighted by molar-refractivity contribution is 8.04. The lowest BCUT2D eigenvalue weighted by Crippen LogP contribution is -2.44. The van der Waals surface area contributed by atoms with Crippen LogP contribution < -0.4 is 0 Å². The van der Waals surface area contributed by atoms with Crippen LogP contribution in [0.5, 0.6) is 0 Å². The minimum atomic E-state index is -3.80. The summed E-state index contributed by atoms with van der Waals surface area (Å²) in [4.78, 5) is 0.112. The Balaban J connectivity index is 2.38. The van der Waals surface area contributed by atoms with Crippen LogP contribution in [0.2, 0.25) is 0 Å². The maximum atomic E-state index is 12.2. The van der Waals surface area contributed by atoms with Gasteiger partial charge in [0.1, 0.15) is 0 Å². The number of rotatable bonds is 2. The van der Waals surface area contributed by atoms with E-state index in [1.807, 2.05) is 20.8 Å². The zero-order valence-corrected chi connectivity index (χ0v) is 12.3. The van der Waals surface area contributed by atoms with Gasteiger partial charge in [-0.25, -0.2) is 4.21 Å². The molecule has 0 aliphatic carbocycles.